The molecule has 1 atom stereocenters. The van der Waals surface area contributed by atoms with E-state index in [4.69, 9.17) is 0 Å². The maximum absolute atomic E-state index is 14.0. The van der Waals surface area contributed by atoms with E-state index < -0.39 is 5.92 Å². The molecule has 1 aromatic rings. The molecule has 0 heterocycles. The molecule has 1 unspecified atom stereocenters. The van der Waals surface area contributed by atoms with Gasteiger partial charge in [-0.25, -0.2) is 0 Å². The standard InChI is InChI=1S/C15H21F2N/c1-14(2)10-6-9-13(14)18-11-15(16,17)12-7-4-3-5-8-12/h3-5,7-8,13,18H,6,9-11H2,1-2H3. The maximum Gasteiger partial charge on any atom is 0.285 e. The summed E-state index contributed by atoms with van der Waals surface area (Å²) < 4.78 is 28.0. The van der Waals surface area contributed by atoms with Crippen LogP contribution in [0.5, 0.6) is 0 Å². The van der Waals surface area contributed by atoms with Crippen molar-refractivity contribution in [3.63, 3.8) is 0 Å². The first-order valence-corrected chi connectivity index (χ1v) is 6.58. The maximum atomic E-state index is 14.0. The van der Waals surface area contributed by atoms with Crippen molar-refractivity contribution in [3.8, 4) is 0 Å². The van der Waals surface area contributed by atoms with Crippen LogP contribution < -0.4 is 5.32 Å². The van der Waals surface area contributed by atoms with Gasteiger partial charge in [-0.1, -0.05) is 50.6 Å². The fraction of sp³-hybridized carbons (Fsp3) is 0.600. The zero-order valence-electron chi connectivity index (χ0n) is 11.0. The minimum absolute atomic E-state index is 0.0910. The van der Waals surface area contributed by atoms with Gasteiger partial charge in [-0.3, -0.25) is 0 Å². The number of alkyl halides is 2. The third-order valence-corrected chi connectivity index (χ3v) is 4.02. The first kappa shape index (κ1) is 13.5. The van der Waals surface area contributed by atoms with Crippen LogP contribution in [-0.4, -0.2) is 12.6 Å². The average Bonchev–Trinajstić information content (AvgIpc) is 2.67. The molecule has 100 valence electrons. The predicted molar refractivity (Wildman–Crippen MR) is 69.8 cm³/mol. The van der Waals surface area contributed by atoms with E-state index in [0.29, 0.717) is 0 Å². The van der Waals surface area contributed by atoms with Crippen LogP contribution in [0.25, 0.3) is 0 Å². The monoisotopic (exact) mass is 253 g/mol. The van der Waals surface area contributed by atoms with Gasteiger partial charge in [0.15, 0.2) is 0 Å². The molecule has 0 saturated heterocycles. The van der Waals surface area contributed by atoms with Crippen molar-refractivity contribution in [2.24, 2.45) is 5.41 Å². The predicted octanol–water partition coefficient (Wildman–Crippen LogP) is 3.95. The summed E-state index contributed by atoms with van der Waals surface area (Å²) in [6.45, 7) is 4.03. The Bertz CT molecular complexity index is 387. The molecule has 18 heavy (non-hydrogen) atoms. The molecule has 1 fully saturated rings. The summed E-state index contributed by atoms with van der Waals surface area (Å²) in [6.07, 6.45) is 3.24. The number of hydrogen-bond acceptors (Lipinski definition) is 1. The van der Waals surface area contributed by atoms with Crippen molar-refractivity contribution >= 4 is 0 Å². The van der Waals surface area contributed by atoms with Gasteiger partial charge in [0.05, 0.1) is 6.54 Å². The summed E-state index contributed by atoms with van der Waals surface area (Å²) >= 11 is 0. The van der Waals surface area contributed by atoms with Crippen LogP contribution >= 0.6 is 0 Å². The molecule has 1 aliphatic rings. The molecule has 0 spiro atoms. The first-order chi connectivity index (χ1) is 8.42. The minimum atomic E-state index is -2.79. The van der Waals surface area contributed by atoms with Crippen LogP contribution in [0.4, 0.5) is 8.78 Å². The summed E-state index contributed by atoms with van der Waals surface area (Å²) in [6, 6.07) is 8.24. The average molecular weight is 253 g/mol. The third-order valence-electron chi connectivity index (χ3n) is 4.02. The molecule has 2 rings (SSSR count). The summed E-state index contributed by atoms with van der Waals surface area (Å²) in [5.41, 5.74) is 0.223. The van der Waals surface area contributed by atoms with Crippen LogP contribution in [0.1, 0.15) is 38.7 Å². The summed E-state index contributed by atoms with van der Waals surface area (Å²) in [5.74, 6) is -2.79. The molecule has 1 saturated carbocycles. The number of hydrogen-bond donors (Lipinski definition) is 1. The minimum Gasteiger partial charge on any atom is -0.308 e. The third kappa shape index (κ3) is 2.89. The smallest absolute Gasteiger partial charge is 0.285 e. The highest BCUT2D eigenvalue weighted by Crippen LogP contribution is 2.38. The van der Waals surface area contributed by atoms with E-state index in [1.165, 1.54) is 12.1 Å². The van der Waals surface area contributed by atoms with E-state index in [-0.39, 0.29) is 23.6 Å². The van der Waals surface area contributed by atoms with Crippen LogP contribution in [0, 0.1) is 5.41 Å². The van der Waals surface area contributed by atoms with E-state index in [9.17, 15) is 8.78 Å². The fourth-order valence-corrected chi connectivity index (χ4v) is 2.74. The van der Waals surface area contributed by atoms with Gasteiger partial charge in [0.1, 0.15) is 0 Å². The Hall–Kier alpha value is -0.960. The van der Waals surface area contributed by atoms with Gasteiger partial charge in [0, 0.05) is 11.6 Å². The second kappa shape index (κ2) is 4.96. The van der Waals surface area contributed by atoms with Crippen molar-refractivity contribution in [3.05, 3.63) is 35.9 Å². The summed E-state index contributed by atoms with van der Waals surface area (Å²) in [7, 11) is 0. The lowest BCUT2D eigenvalue weighted by Crippen LogP contribution is -2.43. The molecular formula is C15H21F2N. The molecule has 0 radical (unpaired) electrons. The summed E-state index contributed by atoms with van der Waals surface area (Å²) in [4.78, 5) is 0. The zero-order chi connectivity index (χ0) is 13.2. The van der Waals surface area contributed by atoms with Crippen LogP contribution in [0.3, 0.4) is 0 Å². The highest BCUT2D eigenvalue weighted by molar-refractivity contribution is 5.20. The SMILES string of the molecule is CC1(C)CCCC1NCC(F)(F)c1ccccc1. The largest absolute Gasteiger partial charge is 0.308 e. The molecule has 0 bridgehead atoms. The molecule has 1 nitrogen and oxygen atoms in total. The van der Waals surface area contributed by atoms with E-state index >= 15 is 0 Å². The highest BCUT2D eigenvalue weighted by atomic mass is 19.3. The van der Waals surface area contributed by atoms with Crippen LogP contribution in [0.2, 0.25) is 0 Å². The molecule has 0 amide bonds. The van der Waals surface area contributed by atoms with Gasteiger partial charge < -0.3 is 5.32 Å². The Labute approximate surface area is 108 Å². The quantitative estimate of drug-likeness (QED) is 0.856. The zero-order valence-corrected chi connectivity index (χ0v) is 11.0. The van der Waals surface area contributed by atoms with Crippen LogP contribution in [-0.2, 0) is 5.92 Å². The lowest BCUT2D eigenvalue weighted by Gasteiger charge is -2.29. The first-order valence-electron chi connectivity index (χ1n) is 6.58. The lowest BCUT2D eigenvalue weighted by molar-refractivity contribution is -0.00856. The van der Waals surface area contributed by atoms with Crippen LogP contribution in [0.15, 0.2) is 30.3 Å². The lowest BCUT2D eigenvalue weighted by atomic mass is 9.87. The van der Waals surface area contributed by atoms with Gasteiger partial charge in [-0.05, 0) is 18.3 Å². The van der Waals surface area contributed by atoms with Gasteiger partial charge in [0.25, 0.3) is 5.92 Å². The molecular weight excluding hydrogens is 232 g/mol. The fourth-order valence-electron chi connectivity index (χ4n) is 2.74. The molecule has 1 aliphatic carbocycles. The molecule has 3 heteroatoms. The molecule has 1 aromatic carbocycles. The Kier molecular flexibility index (Phi) is 3.71. The Morgan fingerprint density at radius 1 is 1.28 bits per heavy atom. The van der Waals surface area contributed by atoms with E-state index in [0.717, 1.165) is 19.3 Å². The van der Waals surface area contributed by atoms with E-state index in [1.54, 1.807) is 18.2 Å². The van der Waals surface area contributed by atoms with Gasteiger partial charge >= 0.3 is 0 Å². The van der Waals surface area contributed by atoms with Crippen molar-refractivity contribution in [1.29, 1.82) is 0 Å². The Morgan fingerprint density at radius 2 is 1.94 bits per heavy atom. The number of benzene rings is 1. The van der Waals surface area contributed by atoms with E-state index in [1.807, 2.05) is 0 Å². The summed E-state index contributed by atoms with van der Waals surface area (Å²) in [5, 5.41) is 3.06. The molecule has 1 N–H and O–H groups in total. The van der Waals surface area contributed by atoms with Crippen molar-refractivity contribution in [2.45, 2.75) is 45.1 Å². The normalized spacial score (nSPS) is 23.2. The second-order valence-corrected chi connectivity index (χ2v) is 5.88. The van der Waals surface area contributed by atoms with E-state index in [2.05, 4.69) is 19.2 Å². The number of rotatable bonds is 4. The second-order valence-electron chi connectivity index (χ2n) is 5.88. The number of halogens is 2. The van der Waals surface area contributed by atoms with Gasteiger partial charge in [-0.2, -0.15) is 8.78 Å². The Balaban J connectivity index is 1.97. The molecule has 0 aromatic heterocycles. The van der Waals surface area contributed by atoms with Gasteiger partial charge in [-0.15, -0.1) is 0 Å². The van der Waals surface area contributed by atoms with Crippen molar-refractivity contribution in [1.82, 2.24) is 5.32 Å². The van der Waals surface area contributed by atoms with Crippen molar-refractivity contribution in [2.75, 3.05) is 6.54 Å². The highest BCUT2D eigenvalue weighted by Gasteiger charge is 2.38. The van der Waals surface area contributed by atoms with Crippen molar-refractivity contribution < 1.29 is 8.78 Å². The topological polar surface area (TPSA) is 12.0 Å². The van der Waals surface area contributed by atoms with Gasteiger partial charge in [0.2, 0.25) is 0 Å². The Morgan fingerprint density at radius 3 is 2.50 bits per heavy atom. The molecule has 0 aliphatic heterocycles. The number of nitrogens with one attached hydrogen (secondary N) is 1.